The van der Waals surface area contributed by atoms with Gasteiger partial charge in [0.25, 0.3) is 0 Å². The Kier molecular flexibility index (Phi) is 3.42. The van der Waals surface area contributed by atoms with E-state index < -0.39 is 0 Å². The first kappa shape index (κ1) is 12.7. The zero-order valence-corrected chi connectivity index (χ0v) is 11.6. The summed E-state index contributed by atoms with van der Waals surface area (Å²) in [6, 6.07) is 13.0. The number of rotatable bonds is 2. The molecule has 0 aliphatic carbocycles. The van der Waals surface area contributed by atoms with Crippen molar-refractivity contribution < 1.29 is 0 Å². The van der Waals surface area contributed by atoms with Gasteiger partial charge in [0, 0.05) is 5.69 Å². The zero-order chi connectivity index (χ0) is 13.3. The molecule has 2 N–H and O–H groups in total. The second-order valence-electron chi connectivity index (χ2n) is 5.28. The molecule has 2 rings (SSSR count). The van der Waals surface area contributed by atoms with Gasteiger partial charge in [-0.3, -0.25) is 0 Å². The van der Waals surface area contributed by atoms with Gasteiger partial charge in [0.15, 0.2) is 0 Å². The molecular formula is C17H21N. The average molecular weight is 239 g/mol. The molecule has 0 saturated carbocycles. The number of hydrogen-bond acceptors (Lipinski definition) is 1. The minimum atomic E-state index is 0.573. The molecular weight excluding hydrogens is 218 g/mol. The number of aryl methyl sites for hydroxylation is 1. The first-order chi connectivity index (χ1) is 8.49. The van der Waals surface area contributed by atoms with Crippen molar-refractivity contribution in [3.05, 3.63) is 53.1 Å². The lowest BCUT2D eigenvalue weighted by Gasteiger charge is -2.10. The SMILES string of the molecule is Cc1cc(-c2ccc(C(C)C)cc2)cc(N)c1C. The Labute approximate surface area is 110 Å². The van der Waals surface area contributed by atoms with Crippen molar-refractivity contribution in [2.75, 3.05) is 5.73 Å². The van der Waals surface area contributed by atoms with Gasteiger partial charge in [-0.25, -0.2) is 0 Å². The first-order valence-corrected chi connectivity index (χ1v) is 6.46. The van der Waals surface area contributed by atoms with Crippen LogP contribution in [-0.4, -0.2) is 0 Å². The molecule has 0 atom stereocenters. The third-order valence-corrected chi connectivity index (χ3v) is 3.62. The van der Waals surface area contributed by atoms with Gasteiger partial charge in [-0.2, -0.15) is 0 Å². The van der Waals surface area contributed by atoms with Crippen molar-refractivity contribution >= 4 is 5.69 Å². The lowest BCUT2D eigenvalue weighted by molar-refractivity contribution is 0.867. The van der Waals surface area contributed by atoms with Gasteiger partial charge in [0.1, 0.15) is 0 Å². The highest BCUT2D eigenvalue weighted by Gasteiger charge is 2.05. The highest BCUT2D eigenvalue weighted by atomic mass is 14.6. The second kappa shape index (κ2) is 4.85. The Bertz CT molecular complexity index is 527. The molecule has 0 heterocycles. The summed E-state index contributed by atoms with van der Waals surface area (Å²) in [4.78, 5) is 0. The largest absolute Gasteiger partial charge is 0.398 e. The Hall–Kier alpha value is -1.76. The van der Waals surface area contributed by atoms with E-state index in [0.717, 1.165) is 5.69 Å². The summed E-state index contributed by atoms with van der Waals surface area (Å²) in [6.07, 6.45) is 0. The molecule has 0 aliphatic heterocycles. The van der Waals surface area contributed by atoms with Crippen molar-refractivity contribution in [3.8, 4) is 11.1 Å². The molecule has 2 aromatic rings. The predicted molar refractivity (Wildman–Crippen MR) is 79.9 cm³/mol. The van der Waals surface area contributed by atoms with Gasteiger partial charge in [0.05, 0.1) is 0 Å². The van der Waals surface area contributed by atoms with Crippen LogP contribution in [0.1, 0.15) is 36.5 Å². The summed E-state index contributed by atoms with van der Waals surface area (Å²) in [7, 11) is 0. The van der Waals surface area contributed by atoms with Crippen molar-refractivity contribution in [1.82, 2.24) is 0 Å². The third-order valence-electron chi connectivity index (χ3n) is 3.62. The smallest absolute Gasteiger partial charge is 0.0352 e. The monoisotopic (exact) mass is 239 g/mol. The van der Waals surface area contributed by atoms with Crippen LogP contribution >= 0.6 is 0 Å². The molecule has 0 aliphatic rings. The fourth-order valence-electron chi connectivity index (χ4n) is 2.11. The van der Waals surface area contributed by atoms with Gasteiger partial charge < -0.3 is 5.73 Å². The van der Waals surface area contributed by atoms with Gasteiger partial charge in [-0.15, -0.1) is 0 Å². The van der Waals surface area contributed by atoms with E-state index in [0.29, 0.717) is 5.92 Å². The highest BCUT2D eigenvalue weighted by molar-refractivity contribution is 5.70. The Balaban J connectivity index is 2.43. The van der Waals surface area contributed by atoms with Gasteiger partial charge in [-0.05, 0) is 53.6 Å². The molecule has 0 radical (unpaired) electrons. The van der Waals surface area contributed by atoms with E-state index in [9.17, 15) is 0 Å². The van der Waals surface area contributed by atoms with E-state index >= 15 is 0 Å². The first-order valence-electron chi connectivity index (χ1n) is 6.46. The Morgan fingerprint density at radius 3 is 2.00 bits per heavy atom. The van der Waals surface area contributed by atoms with Crippen LogP contribution in [0.5, 0.6) is 0 Å². The van der Waals surface area contributed by atoms with E-state index in [2.05, 4.69) is 64.1 Å². The van der Waals surface area contributed by atoms with Crippen LogP contribution in [0.3, 0.4) is 0 Å². The standard InChI is InChI=1S/C17H21N/c1-11(2)14-5-7-15(8-6-14)16-9-12(3)13(4)17(18)10-16/h5-11H,18H2,1-4H3. The number of hydrogen-bond donors (Lipinski definition) is 1. The van der Waals surface area contributed by atoms with E-state index in [4.69, 9.17) is 5.73 Å². The fraction of sp³-hybridized carbons (Fsp3) is 0.294. The van der Waals surface area contributed by atoms with E-state index in [1.54, 1.807) is 0 Å². The Morgan fingerprint density at radius 1 is 0.889 bits per heavy atom. The number of nitrogen functional groups attached to an aromatic ring is 1. The van der Waals surface area contributed by atoms with E-state index in [-0.39, 0.29) is 0 Å². The fourth-order valence-corrected chi connectivity index (χ4v) is 2.11. The molecule has 0 saturated heterocycles. The van der Waals surface area contributed by atoms with Crippen molar-refractivity contribution in [2.45, 2.75) is 33.6 Å². The van der Waals surface area contributed by atoms with Gasteiger partial charge in [0.2, 0.25) is 0 Å². The van der Waals surface area contributed by atoms with Crippen molar-refractivity contribution in [3.63, 3.8) is 0 Å². The summed E-state index contributed by atoms with van der Waals surface area (Å²) < 4.78 is 0. The van der Waals surface area contributed by atoms with Crippen molar-refractivity contribution in [1.29, 1.82) is 0 Å². The van der Waals surface area contributed by atoms with Crippen LogP contribution < -0.4 is 5.73 Å². The number of nitrogens with two attached hydrogens (primary N) is 1. The maximum atomic E-state index is 6.04. The lowest BCUT2D eigenvalue weighted by atomic mass is 9.96. The average Bonchev–Trinajstić information content (AvgIpc) is 2.35. The van der Waals surface area contributed by atoms with Crippen molar-refractivity contribution in [2.24, 2.45) is 0 Å². The molecule has 0 spiro atoms. The van der Waals surface area contributed by atoms with Crippen LogP contribution in [0.4, 0.5) is 5.69 Å². The second-order valence-corrected chi connectivity index (χ2v) is 5.28. The predicted octanol–water partition coefficient (Wildman–Crippen LogP) is 4.68. The maximum absolute atomic E-state index is 6.04. The zero-order valence-electron chi connectivity index (χ0n) is 11.6. The minimum absolute atomic E-state index is 0.573. The van der Waals surface area contributed by atoms with Crippen LogP contribution in [0.15, 0.2) is 36.4 Å². The molecule has 0 fully saturated rings. The summed E-state index contributed by atoms with van der Waals surface area (Å²) in [5.74, 6) is 0.573. The van der Waals surface area contributed by atoms with Crippen LogP contribution in [0, 0.1) is 13.8 Å². The quantitative estimate of drug-likeness (QED) is 0.757. The topological polar surface area (TPSA) is 26.0 Å². The summed E-state index contributed by atoms with van der Waals surface area (Å²) >= 11 is 0. The molecule has 0 aromatic heterocycles. The van der Waals surface area contributed by atoms with E-state index in [1.165, 1.54) is 27.8 Å². The summed E-state index contributed by atoms with van der Waals surface area (Å²) in [5.41, 5.74) is 13.1. The maximum Gasteiger partial charge on any atom is 0.0352 e. The molecule has 94 valence electrons. The number of benzene rings is 2. The lowest BCUT2D eigenvalue weighted by Crippen LogP contribution is -1.94. The molecule has 1 nitrogen and oxygen atoms in total. The third kappa shape index (κ3) is 2.40. The molecule has 2 aromatic carbocycles. The number of anilines is 1. The summed E-state index contributed by atoms with van der Waals surface area (Å²) in [6.45, 7) is 8.60. The molecule has 18 heavy (non-hydrogen) atoms. The van der Waals surface area contributed by atoms with Gasteiger partial charge >= 0.3 is 0 Å². The highest BCUT2D eigenvalue weighted by Crippen LogP contribution is 2.27. The Morgan fingerprint density at radius 2 is 1.50 bits per heavy atom. The molecule has 1 heteroatoms. The molecule has 0 unspecified atom stereocenters. The normalized spacial score (nSPS) is 10.9. The van der Waals surface area contributed by atoms with Crippen LogP contribution in [0.25, 0.3) is 11.1 Å². The molecule has 0 bridgehead atoms. The van der Waals surface area contributed by atoms with Crippen LogP contribution in [0.2, 0.25) is 0 Å². The minimum Gasteiger partial charge on any atom is -0.398 e. The van der Waals surface area contributed by atoms with Crippen LogP contribution in [-0.2, 0) is 0 Å². The van der Waals surface area contributed by atoms with E-state index in [1.807, 2.05) is 0 Å². The molecule has 0 amide bonds. The van der Waals surface area contributed by atoms with Gasteiger partial charge in [-0.1, -0.05) is 44.2 Å². The summed E-state index contributed by atoms with van der Waals surface area (Å²) in [5, 5.41) is 0.